The zero-order chi connectivity index (χ0) is 13.9. The van der Waals surface area contributed by atoms with Gasteiger partial charge in [-0.1, -0.05) is 6.42 Å². The first-order valence-electron chi connectivity index (χ1n) is 7.06. The molecule has 2 aromatic rings. The Labute approximate surface area is 117 Å². The Bertz CT molecular complexity index is 591. The van der Waals surface area contributed by atoms with Crippen LogP contribution in [0.2, 0.25) is 0 Å². The Kier molecular flexibility index (Phi) is 3.54. The van der Waals surface area contributed by atoms with Crippen LogP contribution in [-0.2, 0) is 6.54 Å². The highest BCUT2D eigenvalue weighted by Crippen LogP contribution is 2.30. The maximum atomic E-state index is 6.00. The summed E-state index contributed by atoms with van der Waals surface area (Å²) in [7, 11) is 0. The number of nitrogens with zero attached hydrogens (tertiary/aromatic N) is 4. The van der Waals surface area contributed by atoms with Crippen molar-refractivity contribution in [2.45, 2.75) is 32.7 Å². The van der Waals surface area contributed by atoms with Gasteiger partial charge in [0.2, 0.25) is 0 Å². The van der Waals surface area contributed by atoms with Crippen LogP contribution >= 0.6 is 0 Å². The third-order valence-electron chi connectivity index (χ3n) is 3.76. The van der Waals surface area contributed by atoms with Crippen molar-refractivity contribution < 1.29 is 4.74 Å². The van der Waals surface area contributed by atoms with E-state index in [1.807, 2.05) is 29.8 Å². The van der Waals surface area contributed by atoms with Crippen LogP contribution in [0, 0.1) is 5.92 Å². The average Bonchev–Trinajstić information content (AvgIpc) is 2.85. The summed E-state index contributed by atoms with van der Waals surface area (Å²) in [5.41, 5.74) is 7.54. The largest absolute Gasteiger partial charge is 0.492 e. The molecular weight excluding hydrogens is 254 g/mol. The van der Waals surface area contributed by atoms with Gasteiger partial charge in [-0.15, -0.1) is 5.10 Å². The molecule has 1 aromatic carbocycles. The predicted octanol–water partition coefficient (Wildman–Crippen LogP) is 2.12. The zero-order valence-corrected chi connectivity index (χ0v) is 11.6. The first-order valence-corrected chi connectivity index (χ1v) is 7.06. The Morgan fingerprint density at radius 3 is 2.90 bits per heavy atom. The molecule has 0 saturated heterocycles. The molecule has 6 nitrogen and oxygen atoms in total. The second kappa shape index (κ2) is 5.48. The van der Waals surface area contributed by atoms with E-state index >= 15 is 0 Å². The second-order valence-electron chi connectivity index (χ2n) is 5.17. The summed E-state index contributed by atoms with van der Waals surface area (Å²) in [6.07, 6.45) is 3.85. The van der Waals surface area contributed by atoms with Crippen molar-refractivity contribution in [2.75, 3.05) is 12.3 Å². The summed E-state index contributed by atoms with van der Waals surface area (Å²) in [4.78, 5) is 0. The molecular formula is C14H19N5O. The summed E-state index contributed by atoms with van der Waals surface area (Å²) in [6, 6.07) is 5.69. The van der Waals surface area contributed by atoms with E-state index in [0.717, 1.165) is 17.9 Å². The number of tetrazole rings is 1. The van der Waals surface area contributed by atoms with E-state index in [1.165, 1.54) is 19.3 Å². The highest BCUT2D eigenvalue weighted by Gasteiger charge is 2.20. The van der Waals surface area contributed by atoms with Crippen LogP contribution in [0.5, 0.6) is 5.75 Å². The maximum Gasteiger partial charge on any atom is 0.182 e. The number of aromatic nitrogens is 4. The molecule has 1 aliphatic rings. The highest BCUT2D eigenvalue weighted by molar-refractivity contribution is 5.66. The van der Waals surface area contributed by atoms with E-state index in [0.29, 0.717) is 24.0 Å². The number of anilines is 1. The van der Waals surface area contributed by atoms with Gasteiger partial charge in [-0.05, 0) is 54.3 Å². The van der Waals surface area contributed by atoms with Crippen LogP contribution in [0.15, 0.2) is 18.2 Å². The minimum Gasteiger partial charge on any atom is -0.492 e. The fourth-order valence-electron chi connectivity index (χ4n) is 2.43. The smallest absolute Gasteiger partial charge is 0.182 e. The summed E-state index contributed by atoms with van der Waals surface area (Å²) in [5.74, 6) is 2.18. The predicted molar refractivity (Wildman–Crippen MR) is 76.2 cm³/mol. The quantitative estimate of drug-likeness (QED) is 0.844. The molecule has 1 heterocycles. The lowest BCUT2D eigenvalue weighted by molar-refractivity contribution is 0.265. The molecule has 1 fully saturated rings. The van der Waals surface area contributed by atoms with Crippen molar-refractivity contribution >= 4 is 5.69 Å². The molecule has 20 heavy (non-hydrogen) atoms. The van der Waals surface area contributed by atoms with Gasteiger partial charge in [-0.2, -0.15) is 0 Å². The summed E-state index contributed by atoms with van der Waals surface area (Å²) in [5, 5.41) is 12.0. The van der Waals surface area contributed by atoms with Gasteiger partial charge < -0.3 is 10.5 Å². The Morgan fingerprint density at radius 2 is 2.25 bits per heavy atom. The average molecular weight is 273 g/mol. The number of nitrogens with two attached hydrogens (primary N) is 1. The first kappa shape index (κ1) is 12.9. The van der Waals surface area contributed by atoms with Crippen LogP contribution < -0.4 is 10.5 Å². The van der Waals surface area contributed by atoms with Crippen LogP contribution in [-0.4, -0.2) is 26.8 Å². The van der Waals surface area contributed by atoms with Gasteiger partial charge in [0.1, 0.15) is 5.75 Å². The lowest BCUT2D eigenvalue weighted by atomic mass is 9.85. The first-order chi connectivity index (χ1) is 9.78. The van der Waals surface area contributed by atoms with Gasteiger partial charge in [-0.3, -0.25) is 0 Å². The van der Waals surface area contributed by atoms with Crippen LogP contribution in [0.3, 0.4) is 0 Å². The summed E-state index contributed by atoms with van der Waals surface area (Å²) < 4.78 is 7.32. The topological polar surface area (TPSA) is 78.9 Å². The molecule has 0 spiro atoms. The van der Waals surface area contributed by atoms with Crippen molar-refractivity contribution in [2.24, 2.45) is 5.92 Å². The minimum atomic E-state index is 0.600. The number of rotatable bonds is 5. The molecule has 0 amide bonds. The number of nitrogen functional groups attached to an aromatic ring is 1. The Balaban J connectivity index is 1.85. The Morgan fingerprint density at radius 1 is 1.40 bits per heavy atom. The highest BCUT2D eigenvalue weighted by atomic mass is 16.5. The molecule has 106 valence electrons. The minimum absolute atomic E-state index is 0.600. The SMILES string of the molecule is CCOc1ccc(-c2nnnn2CC2CCC2)cc1N. The molecule has 0 radical (unpaired) electrons. The third kappa shape index (κ3) is 2.45. The molecule has 1 aliphatic carbocycles. The van der Waals surface area contributed by atoms with E-state index in [-0.39, 0.29) is 0 Å². The monoisotopic (exact) mass is 273 g/mol. The number of ether oxygens (including phenoxy) is 1. The number of hydrogen-bond donors (Lipinski definition) is 1. The molecule has 0 aliphatic heterocycles. The van der Waals surface area contributed by atoms with E-state index < -0.39 is 0 Å². The molecule has 2 N–H and O–H groups in total. The van der Waals surface area contributed by atoms with Gasteiger partial charge >= 0.3 is 0 Å². The van der Waals surface area contributed by atoms with Crippen molar-refractivity contribution in [1.82, 2.24) is 20.2 Å². The molecule has 1 saturated carbocycles. The zero-order valence-electron chi connectivity index (χ0n) is 11.6. The molecule has 0 bridgehead atoms. The van der Waals surface area contributed by atoms with E-state index in [4.69, 9.17) is 10.5 Å². The molecule has 6 heteroatoms. The molecule has 1 aromatic heterocycles. The number of hydrogen-bond acceptors (Lipinski definition) is 5. The van der Waals surface area contributed by atoms with Crippen LogP contribution in [0.1, 0.15) is 26.2 Å². The molecule has 0 unspecified atom stereocenters. The normalized spacial score (nSPS) is 15.1. The number of benzene rings is 1. The van der Waals surface area contributed by atoms with Gasteiger partial charge in [0.25, 0.3) is 0 Å². The lowest BCUT2D eigenvalue weighted by Crippen LogP contribution is -2.19. The Hall–Kier alpha value is -2.11. The van der Waals surface area contributed by atoms with E-state index in [9.17, 15) is 0 Å². The van der Waals surface area contributed by atoms with E-state index in [1.54, 1.807) is 0 Å². The van der Waals surface area contributed by atoms with Crippen molar-refractivity contribution in [3.05, 3.63) is 18.2 Å². The van der Waals surface area contributed by atoms with Crippen molar-refractivity contribution in [3.8, 4) is 17.1 Å². The van der Waals surface area contributed by atoms with Gasteiger partial charge in [0, 0.05) is 12.1 Å². The van der Waals surface area contributed by atoms with Gasteiger partial charge in [0.05, 0.1) is 12.3 Å². The summed E-state index contributed by atoms with van der Waals surface area (Å²) in [6.45, 7) is 3.42. The maximum absolute atomic E-state index is 6.00. The lowest BCUT2D eigenvalue weighted by Gasteiger charge is -2.25. The van der Waals surface area contributed by atoms with Gasteiger partial charge in [-0.25, -0.2) is 4.68 Å². The summed E-state index contributed by atoms with van der Waals surface area (Å²) >= 11 is 0. The fourth-order valence-corrected chi connectivity index (χ4v) is 2.43. The van der Waals surface area contributed by atoms with Gasteiger partial charge in [0.15, 0.2) is 5.82 Å². The van der Waals surface area contributed by atoms with Crippen LogP contribution in [0.25, 0.3) is 11.4 Å². The third-order valence-corrected chi connectivity index (χ3v) is 3.76. The van der Waals surface area contributed by atoms with Crippen LogP contribution in [0.4, 0.5) is 5.69 Å². The van der Waals surface area contributed by atoms with Crippen molar-refractivity contribution in [1.29, 1.82) is 0 Å². The second-order valence-corrected chi connectivity index (χ2v) is 5.17. The van der Waals surface area contributed by atoms with Crippen molar-refractivity contribution in [3.63, 3.8) is 0 Å². The molecule has 3 rings (SSSR count). The fraction of sp³-hybridized carbons (Fsp3) is 0.500. The standard InChI is InChI=1S/C14H19N5O/c1-2-20-13-7-6-11(8-12(13)15)14-16-17-18-19(14)9-10-4-3-5-10/h6-8,10H,2-5,9,15H2,1H3. The molecule has 0 atom stereocenters. The van der Waals surface area contributed by atoms with E-state index in [2.05, 4.69) is 15.5 Å².